The molecule has 1 aromatic heterocycles. The minimum Gasteiger partial charge on any atom is -0.355 e. The first-order valence-electron chi connectivity index (χ1n) is 5.94. The highest BCUT2D eigenvalue weighted by Crippen LogP contribution is 2.29. The SMILES string of the molecule is CN(c1nc(NN)ncc1Cl)C1CCCCC1. The monoisotopic (exact) mass is 255 g/mol. The lowest BCUT2D eigenvalue weighted by Crippen LogP contribution is -2.34. The molecule has 0 radical (unpaired) electrons. The van der Waals surface area contributed by atoms with Gasteiger partial charge in [-0.05, 0) is 12.8 Å². The van der Waals surface area contributed by atoms with E-state index in [1.54, 1.807) is 6.20 Å². The molecule has 1 saturated carbocycles. The number of nitrogen functional groups attached to an aromatic ring is 1. The molecule has 0 spiro atoms. The van der Waals surface area contributed by atoms with E-state index in [4.69, 9.17) is 17.4 Å². The molecule has 0 atom stereocenters. The molecule has 6 heteroatoms. The van der Waals surface area contributed by atoms with E-state index in [1.807, 2.05) is 7.05 Å². The van der Waals surface area contributed by atoms with Crippen LogP contribution in [0.4, 0.5) is 11.8 Å². The number of aromatic nitrogens is 2. The lowest BCUT2D eigenvalue weighted by molar-refractivity contribution is 0.426. The van der Waals surface area contributed by atoms with Gasteiger partial charge in [0.2, 0.25) is 5.95 Å². The number of halogens is 1. The van der Waals surface area contributed by atoms with E-state index >= 15 is 0 Å². The van der Waals surface area contributed by atoms with Crippen molar-refractivity contribution in [2.24, 2.45) is 5.84 Å². The van der Waals surface area contributed by atoms with Crippen LogP contribution in [0, 0.1) is 0 Å². The van der Waals surface area contributed by atoms with Crippen molar-refractivity contribution in [2.75, 3.05) is 17.4 Å². The molecule has 0 bridgehead atoms. The fourth-order valence-electron chi connectivity index (χ4n) is 2.32. The zero-order valence-corrected chi connectivity index (χ0v) is 10.7. The molecule has 2 rings (SSSR count). The van der Waals surface area contributed by atoms with Gasteiger partial charge in [0.25, 0.3) is 0 Å². The van der Waals surface area contributed by atoms with Crippen LogP contribution in [0.5, 0.6) is 0 Å². The molecule has 17 heavy (non-hydrogen) atoms. The summed E-state index contributed by atoms with van der Waals surface area (Å²) in [7, 11) is 2.03. The molecular weight excluding hydrogens is 238 g/mol. The maximum absolute atomic E-state index is 6.13. The topological polar surface area (TPSA) is 67.1 Å². The Morgan fingerprint density at radius 1 is 1.41 bits per heavy atom. The summed E-state index contributed by atoms with van der Waals surface area (Å²) in [5.41, 5.74) is 2.44. The summed E-state index contributed by atoms with van der Waals surface area (Å²) in [6, 6.07) is 0.516. The van der Waals surface area contributed by atoms with Gasteiger partial charge in [-0.25, -0.2) is 10.8 Å². The highest BCUT2D eigenvalue weighted by molar-refractivity contribution is 6.32. The van der Waals surface area contributed by atoms with Crippen LogP contribution in [-0.2, 0) is 0 Å². The van der Waals surface area contributed by atoms with E-state index in [-0.39, 0.29) is 0 Å². The molecule has 1 aromatic rings. The normalized spacial score (nSPS) is 16.9. The minimum atomic E-state index is 0.395. The van der Waals surface area contributed by atoms with E-state index in [9.17, 15) is 0 Å². The van der Waals surface area contributed by atoms with E-state index < -0.39 is 0 Å². The van der Waals surface area contributed by atoms with Crippen molar-refractivity contribution in [1.29, 1.82) is 0 Å². The summed E-state index contributed by atoms with van der Waals surface area (Å²) in [4.78, 5) is 10.4. The summed E-state index contributed by atoms with van der Waals surface area (Å²) in [5, 5.41) is 0.567. The zero-order chi connectivity index (χ0) is 12.3. The van der Waals surface area contributed by atoms with Crippen LogP contribution in [0.15, 0.2) is 6.20 Å². The van der Waals surface area contributed by atoms with Crippen LogP contribution < -0.4 is 16.2 Å². The van der Waals surface area contributed by atoms with Crippen LogP contribution in [0.25, 0.3) is 0 Å². The molecule has 1 aliphatic carbocycles. The standard InChI is InChI=1S/C11H18ClN5/c1-17(8-5-3-2-4-6-8)10-9(12)7-14-11(15-10)16-13/h7-8H,2-6,13H2,1H3,(H,14,15,16). The van der Waals surface area contributed by atoms with E-state index in [1.165, 1.54) is 32.1 Å². The van der Waals surface area contributed by atoms with Crippen molar-refractivity contribution in [2.45, 2.75) is 38.1 Å². The zero-order valence-electron chi connectivity index (χ0n) is 9.99. The molecule has 0 saturated heterocycles. The molecule has 0 aliphatic heterocycles. The Balaban J connectivity index is 2.19. The number of nitrogens with one attached hydrogen (secondary N) is 1. The largest absolute Gasteiger partial charge is 0.355 e. The minimum absolute atomic E-state index is 0.395. The second-order valence-electron chi connectivity index (χ2n) is 4.41. The van der Waals surface area contributed by atoms with Gasteiger partial charge in [0.1, 0.15) is 5.02 Å². The average Bonchev–Trinajstić information content (AvgIpc) is 2.39. The van der Waals surface area contributed by atoms with Gasteiger partial charge >= 0.3 is 0 Å². The van der Waals surface area contributed by atoms with Crippen LogP contribution in [-0.4, -0.2) is 23.1 Å². The summed E-state index contributed by atoms with van der Waals surface area (Å²) >= 11 is 6.13. The van der Waals surface area contributed by atoms with Gasteiger partial charge in [0, 0.05) is 13.1 Å². The summed E-state index contributed by atoms with van der Waals surface area (Å²) in [6.07, 6.45) is 7.86. The summed E-state index contributed by atoms with van der Waals surface area (Å²) in [5.74, 6) is 6.46. The third-order valence-corrected chi connectivity index (χ3v) is 3.58. The first-order valence-corrected chi connectivity index (χ1v) is 6.32. The smallest absolute Gasteiger partial charge is 0.239 e. The number of nitrogens with zero attached hydrogens (tertiary/aromatic N) is 3. The molecule has 94 valence electrons. The fraction of sp³-hybridized carbons (Fsp3) is 0.636. The Bertz CT molecular complexity index is 378. The Morgan fingerprint density at radius 2 is 2.12 bits per heavy atom. The Kier molecular flexibility index (Phi) is 4.02. The average molecular weight is 256 g/mol. The van der Waals surface area contributed by atoms with Gasteiger partial charge in [-0.2, -0.15) is 4.98 Å². The molecule has 3 N–H and O–H groups in total. The van der Waals surface area contributed by atoms with Crippen LogP contribution in [0.1, 0.15) is 32.1 Å². The highest BCUT2D eigenvalue weighted by Gasteiger charge is 2.21. The van der Waals surface area contributed by atoms with Crippen molar-refractivity contribution in [1.82, 2.24) is 9.97 Å². The third kappa shape index (κ3) is 2.79. The maximum Gasteiger partial charge on any atom is 0.239 e. The second-order valence-corrected chi connectivity index (χ2v) is 4.82. The molecule has 1 aliphatic rings. The molecule has 0 unspecified atom stereocenters. The lowest BCUT2D eigenvalue weighted by Gasteiger charge is -2.32. The number of hydrogen-bond acceptors (Lipinski definition) is 5. The number of hydrazine groups is 1. The second kappa shape index (κ2) is 5.51. The van der Waals surface area contributed by atoms with Gasteiger partial charge in [0.15, 0.2) is 5.82 Å². The van der Waals surface area contributed by atoms with Crippen molar-refractivity contribution in [3.63, 3.8) is 0 Å². The Labute approximate surface area is 106 Å². The fourth-order valence-corrected chi connectivity index (χ4v) is 2.54. The Hall–Kier alpha value is -1.07. The van der Waals surface area contributed by atoms with E-state index in [2.05, 4.69) is 20.3 Å². The van der Waals surface area contributed by atoms with Gasteiger partial charge in [-0.15, -0.1) is 0 Å². The van der Waals surface area contributed by atoms with Crippen LogP contribution in [0.3, 0.4) is 0 Å². The van der Waals surface area contributed by atoms with E-state index in [0.29, 0.717) is 17.0 Å². The van der Waals surface area contributed by atoms with E-state index in [0.717, 1.165) is 5.82 Å². The first-order chi connectivity index (χ1) is 8.22. The van der Waals surface area contributed by atoms with Gasteiger partial charge in [-0.1, -0.05) is 30.9 Å². The van der Waals surface area contributed by atoms with Crippen molar-refractivity contribution >= 4 is 23.4 Å². The molecule has 1 fully saturated rings. The molecule has 1 heterocycles. The summed E-state index contributed by atoms with van der Waals surface area (Å²) < 4.78 is 0. The van der Waals surface area contributed by atoms with Crippen molar-refractivity contribution in [3.8, 4) is 0 Å². The molecule has 0 aromatic carbocycles. The predicted octanol–water partition coefficient (Wildman–Crippen LogP) is 2.18. The van der Waals surface area contributed by atoms with Gasteiger partial charge < -0.3 is 4.90 Å². The van der Waals surface area contributed by atoms with Crippen molar-refractivity contribution < 1.29 is 0 Å². The van der Waals surface area contributed by atoms with Gasteiger partial charge in [-0.3, -0.25) is 5.43 Å². The van der Waals surface area contributed by atoms with Crippen LogP contribution in [0.2, 0.25) is 5.02 Å². The predicted molar refractivity (Wildman–Crippen MR) is 70.1 cm³/mol. The quantitative estimate of drug-likeness (QED) is 0.640. The number of hydrogen-bond donors (Lipinski definition) is 2. The number of anilines is 2. The lowest BCUT2D eigenvalue weighted by atomic mass is 9.94. The summed E-state index contributed by atoms with van der Waals surface area (Å²) in [6.45, 7) is 0. The maximum atomic E-state index is 6.13. The van der Waals surface area contributed by atoms with Crippen LogP contribution >= 0.6 is 11.6 Å². The third-order valence-electron chi connectivity index (χ3n) is 3.31. The highest BCUT2D eigenvalue weighted by atomic mass is 35.5. The number of rotatable bonds is 3. The molecular formula is C11H18ClN5. The van der Waals surface area contributed by atoms with Gasteiger partial charge in [0.05, 0.1) is 6.20 Å². The molecule has 5 nitrogen and oxygen atoms in total. The Morgan fingerprint density at radius 3 is 2.76 bits per heavy atom. The number of nitrogens with two attached hydrogens (primary N) is 1. The van der Waals surface area contributed by atoms with Crippen molar-refractivity contribution in [3.05, 3.63) is 11.2 Å². The molecule has 0 amide bonds. The first kappa shape index (κ1) is 12.4.